The molecule has 0 saturated heterocycles. The van der Waals surface area contributed by atoms with E-state index in [1.54, 1.807) is 18.2 Å². The Morgan fingerprint density at radius 2 is 2.55 bits per heavy atom. The first kappa shape index (κ1) is 7.72. The van der Waals surface area contributed by atoms with E-state index in [1.165, 1.54) is 6.08 Å². The lowest BCUT2D eigenvalue weighted by molar-refractivity contribution is -0.419. The van der Waals surface area contributed by atoms with Crippen LogP contribution in [0.3, 0.4) is 0 Å². The fourth-order valence-corrected chi connectivity index (χ4v) is 0.975. The van der Waals surface area contributed by atoms with Gasteiger partial charge in [-0.15, -0.1) is 6.58 Å². The Labute approximate surface area is 64.9 Å². The number of hydrogen-bond donors (Lipinski definition) is 0. The minimum atomic E-state index is -0.383. The second-order valence-electron chi connectivity index (χ2n) is 2.39. The minimum absolute atomic E-state index is 0.125. The molecule has 0 aromatic rings. The summed E-state index contributed by atoms with van der Waals surface area (Å²) in [6.07, 6.45) is 7.48. The molecule has 1 aliphatic carbocycles. The van der Waals surface area contributed by atoms with Gasteiger partial charge in [0.05, 0.1) is 4.92 Å². The van der Waals surface area contributed by atoms with E-state index < -0.39 is 0 Å². The first-order chi connectivity index (χ1) is 5.24. The summed E-state index contributed by atoms with van der Waals surface area (Å²) in [5.74, 6) is 0.125. The molecule has 0 aliphatic heterocycles. The topological polar surface area (TPSA) is 43.1 Å². The maximum absolute atomic E-state index is 10.3. The molecule has 1 atom stereocenters. The molecular weight excluding hydrogens is 142 g/mol. The summed E-state index contributed by atoms with van der Waals surface area (Å²) in [7, 11) is 0. The van der Waals surface area contributed by atoms with Crippen LogP contribution in [0, 0.1) is 16.0 Å². The van der Waals surface area contributed by atoms with Gasteiger partial charge in [-0.2, -0.15) is 0 Å². The summed E-state index contributed by atoms with van der Waals surface area (Å²) in [4.78, 5) is 9.88. The molecule has 0 saturated carbocycles. The smallest absolute Gasteiger partial charge is 0.258 e. The average Bonchev–Trinajstić information content (AvgIpc) is 2.05. The van der Waals surface area contributed by atoms with Crippen LogP contribution >= 0.6 is 0 Å². The molecule has 3 heteroatoms. The van der Waals surface area contributed by atoms with Crippen LogP contribution in [0.5, 0.6) is 0 Å². The molecule has 0 aromatic carbocycles. The van der Waals surface area contributed by atoms with E-state index in [9.17, 15) is 10.1 Å². The van der Waals surface area contributed by atoms with Crippen LogP contribution in [-0.4, -0.2) is 4.92 Å². The number of allylic oxidation sites excluding steroid dienone is 4. The molecule has 1 aliphatic rings. The Bertz CT molecular complexity index is 240. The van der Waals surface area contributed by atoms with E-state index in [2.05, 4.69) is 6.58 Å². The van der Waals surface area contributed by atoms with E-state index >= 15 is 0 Å². The van der Waals surface area contributed by atoms with Crippen molar-refractivity contribution < 1.29 is 4.92 Å². The Balaban J connectivity index is 2.79. The summed E-state index contributed by atoms with van der Waals surface area (Å²) in [6, 6.07) is 0. The van der Waals surface area contributed by atoms with Crippen molar-refractivity contribution in [2.24, 2.45) is 5.92 Å². The number of rotatable bonds is 2. The predicted octanol–water partition coefficient (Wildman–Crippen LogP) is 1.91. The van der Waals surface area contributed by atoms with E-state index in [4.69, 9.17) is 0 Å². The second kappa shape index (κ2) is 3.14. The summed E-state index contributed by atoms with van der Waals surface area (Å²) in [5, 5.41) is 10.3. The number of nitro groups is 1. The summed E-state index contributed by atoms with van der Waals surface area (Å²) >= 11 is 0. The molecule has 0 radical (unpaired) electrons. The second-order valence-corrected chi connectivity index (χ2v) is 2.39. The predicted molar refractivity (Wildman–Crippen MR) is 42.5 cm³/mol. The first-order valence-electron chi connectivity index (χ1n) is 3.39. The van der Waals surface area contributed by atoms with Crippen molar-refractivity contribution in [3.63, 3.8) is 0 Å². The number of hydrogen-bond acceptors (Lipinski definition) is 2. The Morgan fingerprint density at radius 3 is 3.09 bits per heavy atom. The average molecular weight is 151 g/mol. The fourth-order valence-electron chi connectivity index (χ4n) is 0.975. The van der Waals surface area contributed by atoms with Crippen LogP contribution < -0.4 is 0 Å². The molecule has 3 nitrogen and oxygen atoms in total. The highest BCUT2D eigenvalue weighted by Crippen LogP contribution is 2.17. The van der Waals surface area contributed by atoms with Gasteiger partial charge in [0, 0.05) is 18.1 Å². The van der Waals surface area contributed by atoms with Crippen LogP contribution in [0.4, 0.5) is 0 Å². The van der Waals surface area contributed by atoms with Crippen LogP contribution in [-0.2, 0) is 0 Å². The molecule has 0 unspecified atom stereocenters. The quantitative estimate of drug-likeness (QED) is 0.343. The van der Waals surface area contributed by atoms with Gasteiger partial charge in [0.1, 0.15) is 0 Å². The maximum Gasteiger partial charge on any atom is 0.265 e. The van der Waals surface area contributed by atoms with Crippen molar-refractivity contribution in [2.75, 3.05) is 0 Å². The SMILES string of the molecule is C=C[C@@H]1C=C([N+](=O)[O-])C=CC1. The Morgan fingerprint density at radius 1 is 1.82 bits per heavy atom. The Kier molecular flexibility index (Phi) is 2.21. The fraction of sp³-hybridized carbons (Fsp3) is 0.250. The largest absolute Gasteiger partial charge is 0.265 e. The minimum Gasteiger partial charge on any atom is -0.258 e. The van der Waals surface area contributed by atoms with Gasteiger partial charge in [-0.25, -0.2) is 0 Å². The highest BCUT2D eigenvalue weighted by atomic mass is 16.6. The standard InChI is InChI=1S/C8H9NO2/c1-2-7-4-3-5-8(6-7)9(10)11/h2-3,5-7H,1,4H2/t7-/m0/s1. The zero-order valence-corrected chi connectivity index (χ0v) is 6.06. The third-order valence-corrected chi connectivity index (χ3v) is 1.60. The molecule has 0 fully saturated rings. The normalized spacial score (nSPS) is 22.5. The monoisotopic (exact) mass is 151 g/mol. The van der Waals surface area contributed by atoms with Gasteiger partial charge in [-0.1, -0.05) is 12.2 Å². The van der Waals surface area contributed by atoms with Gasteiger partial charge in [-0.3, -0.25) is 10.1 Å². The third kappa shape index (κ3) is 1.77. The molecule has 0 bridgehead atoms. The lowest BCUT2D eigenvalue weighted by Gasteiger charge is -2.06. The van der Waals surface area contributed by atoms with Crippen molar-refractivity contribution in [1.29, 1.82) is 0 Å². The molecule has 0 spiro atoms. The molecule has 0 amide bonds. The lowest BCUT2D eigenvalue weighted by Crippen LogP contribution is -2.03. The maximum atomic E-state index is 10.3. The van der Waals surface area contributed by atoms with E-state index in [0.29, 0.717) is 0 Å². The van der Waals surface area contributed by atoms with Gasteiger partial charge in [0.15, 0.2) is 0 Å². The highest BCUT2D eigenvalue weighted by Gasteiger charge is 2.12. The Hall–Kier alpha value is -1.38. The van der Waals surface area contributed by atoms with E-state index in [1.807, 2.05) is 0 Å². The van der Waals surface area contributed by atoms with Crippen LogP contribution in [0.1, 0.15) is 6.42 Å². The molecule has 1 rings (SSSR count). The van der Waals surface area contributed by atoms with Crippen molar-refractivity contribution in [3.8, 4) is 0 Å². The third-order valence-electron chi connectivity index (χ3n) is 1.60. The summed E-state index contributed by atoms with van der Waals surface area (Å²) < 4.78 is 0. The van der Waals surface area contributed by atoms with Crippen molar-refractivity contribution >= 4 is 0 Å². The van der Waals surface area contributed by atoms with Crippen LogP contribution in [0.2, 0.25) is 0 Å². The van der Waals surface area contributed by atoms with Crippen molar-refractivity contribution in [2.45, 2.75) is 6.42 Å². The van der Waals surface area contributed by atoms with Gasteiger partial charge in [-0.05, 0) is 6.42 Å². The van der Waals surface area contributed by atoms with Gasteiger partial charge in [0.2, 0.25) is 0 Å². The molecule has 0 heterocycles. The highest BCUT2D eigenvalue weighted by molar-refractivity contribution is 5.19. The zero-order chi connectivity index (χ0) is 8.27. The summed E-state index contributed by atoms with van der Waals surface area (Å²) in [6.45, 7) is 3.58. The van der Waals surface area contributed by atoms with Gasteiger partial charge < -0.3 is 0 Å². The van der Waals surface area contributed by atoms with Crippen LogP contribution in [0.25, 0.3) is 0 Å². The van der Waals surface area contributed by atoms with Crippen LogP contribution in [0.15, 0.2) is 36.6 Å². The van der Waals surface area contributed by atoms with Crippen molar-refractivity contribution in [3.05, 3.63) is 46.7 Å². The zero-order valence-electron chi connectivity index (χ0n) is 6.06. The van der Waals surface area contributed by atoms with Crippen molar-refractivity contribution in [1.82, 2.24) is 0 Å². The molecular formula is C8H9NO2. The molecule has 58 valence electrons. The molecule has 0 N–H and O–H groups in total. The van der Waals surface area contributed by atoms with Gasteiger partial charge >= 0.3 is 0 Å². The summed E-state index contributed by atoms with van der Waals surface area (Å²) in [5.41, 5.74) is 0.168. The van der Waals surface area contributed by atoms with Gasteiger partial charge in [0.25, 0.3) is 5.70 Å². The van der Waals surface area contributed by atoms with E-state index in [-0.39, 0.29) is 16.5 Å². The molecule has 0 aromatic heterocycles. The first-order valence-corrected chi connectivity index (χ1v) is 3.39. The van der Waals surface area contributed by atoms with E-state index in [0.717, 1.165) is 6.42 Å². The number of nitrogens with zero attached hydrogens (tertiary/aromatic N) is 1. The lowest BCUT2D eigenvalue weighted by atomic mass is 10.00. The molecule has 11 heavy (non-hydrogen) atoms.